The van der Waals surface area contributed by atoms with Gasteiger partial charge in [0.05, 0.1) is 17.9 Å². The largest absolute Gasteiger partial charge is 0.491 e. The number of aryl methyl sites for hydroxylation is 1. The number of hydrogen-bond donors (Lipinski definition) is 4. The molecule has 4 rings (SSSR count). The van der Waals surface area contributed by atoms with Gasteiger partial charge in [-0.2, -0.15) is 0 Å². The SMILES string of the molecule is CS(=O)(=O)CCCc1cnc(C(=[NH2+])c2ccccc2NCc2c(F)cc(OCCO)cc2F)nc1Nc1ccncc1. The average Bonchev–Trinajstić information content (AvgIpc) is 2.96. The summed E-state index contributed by atoms with van der Waals surface area (Å²) >= 11 is 0. The van der Waals surface area contributed by atoms with Gasteiger partial charge < -0.3 is 20.5 Å². The number of para-hydroxylation sites is 1. The predicted molar refractivity (Wildman–Crippen MR) is 155 cm³/mol. The number of anilines is 3. The summed E-state index contributed by atoms with van der Waals surface area (Å²) in [5.74, 6) is -0.931. The lowest BCUT2D eigenvalue weighted by Crippen LogP contribution is -2.42. The van der Waals surface area contributed by atoms with Crippen LogP contribution >= 0.6 is 0 Å². The summed E-state index contributed by atoms with van der Waals surface area (Å²) in [6.07, 6.45) is 6.84. The quantitative estimate of drug-likeness (QED) is 0.161. The number of nitrogens with one attached hydrogen (secondary N) is 2. The molecule has 0 radical (unpaired) electrons. The molecule has 0 aliphatic carbocycles. The van der Waals surface area contributed by atoms with Gasteiger partial charge in [0.1, 0.15) is 39.6 Å². The number of halogens is 2. The van der Waals surface area contributed by atoms with Crippen LogP contribution in [-0.4, -0.2) is 59.4 Å². The minimum atomic E-state index is -3.13. The Morgan fingerprint density at radius 1 is 1.10 bits per heavy atom. The molecule has 10 nitrogen and oxygen atoms in total. The van der Waals surface area contributed by atoms with E-state index >= 15 is 0 Å². The monoisotopic (exact) mass is 597 g/mol. The van der Waals surface area contributed by atoms with Gasteiger partial charge >= 0.3 is 0 Å². The smallest absolute Gasteiger partial charge is 0.251 e. The topological polar surface area (TPSA) is 152 Å². The van der Waals surface area contributed by atoms with Gasteiger partial charge in [-0.1, -0.05) is 12.1 Å². The molecule has 0 aliphatic heterocycles. The van der Waals surface area contributed by atoms with Crippen molar-refractivity contribution in [3.63, 3.8) is 0 Å². The molecule has 0 saturated carbocycles. The van der Waals surface area contributed by atoms with Gasteiger partial charge in [0.15, 0.2) is 0 Å². The molecule has 0 fully saturated rings. The number of nitrogens with two attached hydrogens (primary N) is 1. The maximum absolute atomic E-state index is 14.7. The van der Waals surface area contributed by atoms with Crippen LogP contribution in [0.5, 0.6) is 5.75 Å². The third-order valence-electron chi connectivity index (χ3n) is 6.16. The molecule has 2 aromatic carbocycles. The highest BCUT2D eigenvalue weighted by atomic mass is 32.2. The van der Waals surface area contributed by atoms with Crippen LogP contribution in [0, 0.1) is 11.6 Å². The molecule has 42 heavy (non-hydrogen) atoms. The van der Waals surface area contributed by atoms with Crippen molar-refractivity contribution in [2.45, 2.75) is 19.4 Å². The van der Waals surface area contributed by atoms with Crippen LogP contribution in [-0.2, 0) is 22.8 Å². The number of benzene rings is 2. The Morgan fingerprint density at radius 3 is 2.50 bits per heavy atom. The first-order valence-corrected chi connectivity index (χ1v) is 15.1. The third-order valence-corrected chi connectivity index (χ3v) is 7.19. The molecule has 0 amide bonds. The van der Waals surface area contributed by atoms with Crippen molar-refractivity contribution in [2.75, 3.05) is 35.9 Å². The van der Waals surface area contributed by atoms with E-state index in [0.29, 0.717) is 35.5 Å². The number of rotatable bonds is 14. The van der Waals surface area contributed by atoms with Crippen molar-refractivity contribution in [3.8, 4) is 5.75 Å². The highest BCUT2D eigenvalue weighted by molar-refractivity contribution is 7.90. The standard InChI is InChI=1S/C29H30F2N6O4S/c1-42(39,40)14-4-5-19-17-35-29(37-28(19)36-20-8-10-33-11-9-20)27(32)22-6-2-3-7-26(22)34-18-23-24(30)15-21(16-25(23)31)41-13-12-38/h2-3,6-11,15-17,32,34,38H,4-5,12-14,18H2,1H3,(H,33,35,36,37)/p+1. The van der Waals surface area contributed by atoms with Crippen molar-refractivity contribution in [1.29, 1.82) is 0 Å². The fraction of sp³-hybridized carbons (Fsp3) is 0.241. The molecule has 0 atom stereocenters. The first-order valence-electron chi connectivity index (χ1n) is 13.0. The molecule has 0 aliphatic rings. The molecule has 220 valence electrons. The van der Waals surface area contributed by atoms with Crippen LogP contribution in [0.15, 0.2) is 67.1 Å². The van der Waals surface area contributed by atoms with E-state index in [1.54, 1.807) is 55.0 Å². The van der Waals surface area contributed by atoms with Crippen molar-refractivity contribution in [3.05, 3.63) is 101 Å². The van der Waals surface area contributed by atoms with Gasteiger partial charge in [0.25, 0.3) is 5.71 Å². The maximum Gasteiger partial charge on any atom is 0.251 e. The second-order valence-electron chi connectivity index (χ2n) is 9.41. The number of aromatic nitrogens is 3. The van der Waals surface area contributed by atoms with Crippen molar-refractivity contribution in [1.82, 2.24) is 15.0 Å². The first kappa shape index (κ1) is 30.5. The lowest BCUT2D eigenvalue weighted by molar-refractivity contribution is -0.112. The van der Waals surface area contributed by atoms with E-state index in [4.69, 9.17) is 15.3 Å². The van der Waals surface area contributed by atoms with Crippen LogP contribution in [0.1, 0.15) is 28.9 Å². The molecule has 13 heteroatoms. The molecular weight excluding hydrogens is 566 g/mol. The minimum Gasteiger partial charge on any atom is -0.491 e. The maximum atomic E-state index is 14.7. The number of pyridine rings is 1. The zero-order valence-electron chi connectivity index (χ0n) is 22.8. The zero-order valence-corrected chi connectivity index (χ0v) is 23.7. The summed E-state index contributed by atoms with van der Waals surface area (Å²) in [5, 5.41) is 21.7. The third kappa shape index (κ3) is 8.27. The van der Waals surface area contributed by atoms with Crippen molar-refractivity contribution < 1.29 is 32.5 Å². The van der Waals surface area contributed by atoms with Gasteiger partial charge in [-0.25, -0.2) is 27.2 Å². The van der Waals surface area contributed by atoms with Crippen molar-refractivity contribution in [2.24, 2.45) is 0 Å². The Kier molecular flexibility index (Phi) is 10.1. The van der Waals surface area contributed by atoms with E-state index < -0.39 is 21.5 Å². The second-order valence-corrected chi connectivity index (χ2v) is 11.7. The number of nitrogens with zero attached hydrogens (tertiary/aromatic N) is 3. The van der Waals surface area contributed by atoms with E-state index in [2.05, 4.69) is 25.6 Å². The zero-order chi connectivity index (χ0) is 30.1. The minimum absolute atomic E-state index is 0.0196. The fourth-order valence-electron chi connectivity index (χ4n) is 4.10. The predicted octanol–water partition coefficient (Wildman–Crippen LogP) is 2.45. The van der Waals surface area contributed by atoms with E-state index in [9.17, 15) is 17.2 Å². The highest BCUT2D eigenvalue weighted by Crippen LogP contribution is 2.25. The van der Waals surface area contributed by atoms with Gasteiger partial charge in [-0.05, 0) is 37.1 Å². The van der Waals surface area contributed by atoms with E-state index in [1.165, 1.54) is 6.26 Å². The van der Waals surface area contributed by atoms with Gasteiger partial charge in [-0.15, -0.1) is 0 Å². The molecular formula is C29H31F2N6O4S+. The average molecular weight is 598 g/mol. The summed E-state index contributed by atoms with van der Waals surface area (Å²) in [4.78, 5) is 13.1. The Bertz CT molecular complexity index is 1630. The highest BCUT2D eigenvalue weighted by Gasteiger charge is 2.21. The summed E-state index contributed by atoms with van der Waals surface area (Å²) < 4.78 is 57.7. The summed E-state index contributed by atoms with van der Waals surface area (Å²) in [6, 6.07) is 12.6. The Morgan fingerprint density at radius 2 is 1.81 bits per heavy atom. The number of sulfone groups is 1. The van der Waals surface area contributed by atoms with Crippen LogP contribution in [0.4, 0.5) is 26.0 Å². The van der Waals surface area contributed by atoms with Crippen molar-refractivity contribution >= 4 is 32.7 Å². The van der Waals surface area contributed by atoms with Gasteiger partial charge in [-0.3, -0.25) is 10.4 Å². The van der Waals surface area contributed by atoms with E-state index in [0.717, 1.165) is 17.8 Å². The molecule has 0 unspecified atom stereocenters. The fourth-order valence-corrected chi connectivity index (χ4v) is 4.76. The van der Waals surface area contributed by atoms with Crippen LogP contribution in [0.25, 0.3) is 0 Å². The Balaban J connectivity index is 1.58. The summed E-state index contributed by atoms with van der Waals surface area (Å²) in [6.45, 7) is -0.544. The van der Waals surface area contributed by atoms with Gasteiger partial charge in [0.2, 0.25) is 5.82 Å². The van der Waals surface area contributed by atoms with Gasteiger partial charge in [0, 0.05) is 66.0 Å². The lowest BCUT2D eigenvalue weighted by Gasteiger charge is -2.14. The first-order chi connectivity index (χ1) is 20.1. The Hall–Kier alpha value is -4.49. The van der Waals surface area contributed by atoms with E-state index in [1.807, 2.05) is 0 Å². The lowest BCUT2D eigenvalue weighted by atomic mass is 10.1. The normalized spacial score (nSPS) is 11.2. The number of ether oxygens (including phenoxy) is 1. The number of hydrogen-bond acceptors (Lipinski definition) is 9. The Labute approximate surface area is 242 Å². The molecule has 0 spiro atoms. The molecule has 5 N–H and O–H groups in total. The second kappa shape index (κ2) is 13.9. The van der Waals surface area contributed by atoms with Crippen LogP contribution < -0.4 is 20.8 Å². The molecule has 0 saturated heterocycles. The molecule has 2 heterocycles. The molecule has 2 aromatic heterocycles. The van der Waals surface area contributed by atoms with Crippen LogP contribution in [0.2, 0.25) is 0 Å². The summed E-state index contributed by atoms with van der Waals surface area (Å²) in [7, 11) is -3.13. The summed E-state index contributed by atoms with van der Waals surface area (Å²) in [5.41, 5.74) is 2.46. The molecule has 0 bridgehead atoms. The van der Waals surface area contributed by atoms with E-state index in [-0.39, 0.29) is 48.4 Å². The van der Waals surface area contributed by atoms with Crippen LogP contribution in [0.3, 0.4) is 0 Å². The number of aliphatic hydroxyl groups excluding tert-OH is 1. The molecule has 4 aromatic rings. The number of aliphatic hydroxyl groups is 1.